The molecule has 0 unspecified atom stereocenters. The van der Waals surface area contributed by atoms with Crippen LogP contribution in [0.5, 0.6) is 0 Å². The zero-order valence-electron chi connectivity index (χ0n) is 8.14. The third-order valence-corrected chi connectivity index (χ3v) is 3.50. The van der Waals surface area contributed by atoms with Crippen molar-refractivity contribution in [1.82, 2.24) is 4.98 Å². The number of ether oxygens (including phenoxy) is 1. The second-order valence-electron chi connectivity index (χ2n) is 2.79. The maximum Gasteiger partial charge on any atom is 0.357 e. The average molecular weight is 406 g/mol. The molecule has 7 heteroatoms. The van der Waals surface area contributed by atoms with Gasteiger partial charge in [0, 0.05) is 10.9 Å². The lowest BCUT2D eigenvalue weighted by Crippen LogP contribution is -2.11. The van der Waals surface area contributed by atoms with Crippen LogP contribution in [-0.4, -0.2) is 18.1 Å². The molecule has 1 heterocycles. The van der Waals surface area contributed by atoms with Crippen LogP contribution in [0.2, 0.25) is 0 Å². The number of rotatable bonds is 3. The standard InChI is InChI=1S/C9H7BrF2INO2/c1-16-9(15)7-6(13)5(8(11)12)2-4(3-10)14-7/h2,8H,3H2,1H3. The van der Waals surface area contributed by atoms with Crippen molar-refractivity contribution in [2.45, 2.75) is 11.8 Å². The van der Waals surface area contributed by atoms with Crippen molar-refractivity contribution < 1.29 is 18.3 Å². The van der Waals surface area contributed by atoms with Crippen LogP contribution < -0.4 is 0 Å². The van der Waals surface area contributed by atoms with E-state index in [-0.39, 0.29) is 14.8 Å². The van der Waals surface area contributed by atoms with Gasteiger partial charge in [0.2, 0.25) is 0 Å². The lowest BCUT2D eigenvalue weighted by molar-refractivity contribution is 0.0591. The van der Waals surface area contributed by atoms with Crippen LogP contribution in [0.1, 0.15) is 28.2 Å². The Morgan fingerprint density at radius 2 is 2.31 bits per heavy atom. The maximum absolute atomic E-state index is 12.7. The molecule has 16 heavy (non-hydrogen) atoms. The third-order valence-electron chi connectivity index (χ3n) is 1.79. The van der Waals surface area contributed by atoms with E-state index in [9.17, 15) is 13.6 Å². The van der Waals surface area contributed by atoms with Gasteiger partial charge >= 0.3 is 5.97 Å². The number of methoxy groups -OCH3 is 1. The van der Waals surface area contributed by atoms with Gasteiger partial charge < -0.3 is 4.74 Å². The molecule has 0 saturated carbocycles. The summed E-state index contributed by atoms with van der Waals surface area (Å²) in [4.78, 5) is 15.3. The molecule has 0 atom stereocenters. The van der Waals surface area contributed by atoms with E-state index in [0.717, 1.165) is 0 Å². The van der Waals surface area contributed by atoms with Gasteiger partial charge in [-0.15, -0.1) is 0 Å². The Morgan fingerprint density at radius 3 is 2.75 bits per heavy atom. The molecular formula is C9H7BrF2INO2. The van der Waals surface area contributed by atoms with E-state index in [0.29, 0.717) is 11.0 Å². The first kappa shape index (κ1) is 13.8. The maximum atomic E-state index is 12.7. The monoisotopic (exact) mass is 405 g/mol. The second-order valence-corrected chi connectivity index (χ2v) is 4.43. The molecule has 0 aromatic carbocycles. The van der Waals surface area contributed by atoms with E-state index in [1.165, 1.54) is 13.2 Å². The summed E-state index contributed by atoms with van der Waals surface area (Å²) in [5.74, 6) is -0.714. The fourth-order valence-electron chi connectivity index (χ4n) is 1.06. The summed E-state index contributed by atoms with van der Waals surface area (Å²) in [5, 5.41) is 0.299. The highest BCUT2D eigenvalue weighted by atomic mass is 127. The minimum Gasteiger partial charge on any atom is -0.464 e. The summed E-state index contributed by atoms with van der Waals surface area (Å²) >= 11 is 4.78. The lowest BCUT2D eigenvalue weighted by atomic mass is 10.2. The summed E-state index contributed by atoms with van der Waals surface area (Å²) in [6.07, 6.45) is -2.64. The smallest absolute Gasteiger partial charge is 0.357 e. The van der Waals surface area contributed by atoms with Crippen LogP contribution in [0, 0.1) is 3.57 Å². The Hall–Kier alpha value is -0.310. The summed E-state index contributed by atoms with van der Waals surface area (Å²) in [6.45, 7) is 0. The van der Waals surface area contributed by atoms with Crippen molar-refractivity contribution in [3.63, 3.8) is 0 Å². The number of hydrogen-bond donors (Lipinski definition) is 0. The molecule has 0 aliphatic carbocycles. The highest BCUT2D eigenvalue weighted by Crippen LogP contribution is 2.27. The summed E-state index contributed by atoms with van der Waals surface area (Å²) in [7, 11) is 1.18. The Balaban J connectivity index is 3.37. The SMILES string of the molecule is COC(=O)c1nc(CBr)cc(C(F)F)c1I. The van der Waals surface area contributed by atoms with Gasteiger partial charge in [-0.3, -0.25) is 0 Å². The molecule has 0 amide bonds. The van der Waals surface area contributed by atoms with Gasteiger partial charge in [-0.2, -0.15) is 0 Å². The van der Waals surface area contributed by atoms with Gasteiger partial charge in [-0.25, -0.2) is 18.6 Å². The summed E-state index contributed by atoms with van der Waals surface area (Å²) in [5.41, 5.74) is 0.0944. The van der Waals surface area contributed by atoms with E-state index in [2.05, 4.69) is 25.7 Å². The number of halogens is 4. The third kappa shape index (κ3) is 2.88. The normalized spacial score (nSPS) is 10.6. The number of pyridine rings is 1. The minimum absolute atomic E-state index is 0.0737. The Labute approximate surface area is 113 Å². The molecule has 0 bridgehead atoms. The van der Waals surface area contributed by atoms with Crippen LogP contribution in [0.15, 0.2) is 6.07 Å². The topological polar surface area (TPSA) is 39.2 Å². The van der Waals surface area contributed by atoms with Crippen LogP contribution in [0.3, 0.4) is 0 Å². The molecule has 1 aromatic rings. The van der Waals surface area contributed by atoms with E-state index in [1.807, 2.05) is 0 Å². The molecule has 3 nitrogen and oxygen atoms in total. The lowest BCUT2D eigenvalue weighted by Gasteiger charge is -2.09. The predicted octanol–water partition coefficient (Wildman–Crippen LogP) is 3.31. The Kier molecular flexibility index (Phi) is 5.03. The van der Waals surface area contributed by atoms with Crippen molar-refractivity contribution in [3.8, 4) is 0 Å². The van der Waals surface area contributed by atoms with Gasteiger partial charge in [0.1, 0.15) is 0 Å². The number of esters is 1. The molecule has 0 N–H and O–H groups in total. The first-order valence-corrected chi connectivity index (χ1v) is 6.33. The van der Waals surface area contributed by atoms with Crippen LogP contribution in [0.25, 0.3) is 0 Å². The van der Waals surface area contributed by atoms with Gasteiger partial charge in [-0.05, 0) is 28.7 Å². The number of aromatic nitrogens is 1. The van der Waals surface area contributed by atoms with E-state index in [1.54, 1.807) is 22.6 Å². The molecule has 0 spiro atoms. The fraction of sp³-hybridized carbons (Fsp3) is 0.333. The van der Waals surface area contributed by atoms with E-state index >= 15 is 0 Å². The number of carbonyl (C=O) groups is 1. The Bertz CT molecular complexity index is 415. The van der Waals surface area contributed by atoms with Crippen molar-refractivity contribution in [2.75, 3.05) is 7.11 Å². The number of carbonyl (C=O) groups excluding carboxylic acids is 1. The molecule has 0 aliphatic rings. The molecule has 88 valence electrons. The molecule has 0 saturated heterocycles. The largest absolute Gasteiger partial charge is 0.464 e. The van der Waals surface area contributed by atoms with Crippen LogP contribution in [0.4, 0.5) is 8.78 Å². The quantitative estimate of drug-likeness (QED) is 0.440. The van der Waals surface area contributed by atoms with Gasteiger partial charge in [-0.1, -0.05) is 15.9 Å². The molecular weight excluding hydrogens is 399 g/mol. The summed E-state index contributed by atoms with van der Waals surface area (Å²) in [6, 6.07) is 1.27. The van der Waals surface area contributed by atoms with E-state index in [4.69, 9.17) is 0 Å². The first-order valence-electron chi connectivity index (χ1n) is 4.13. The second kappa shape index (κ2) is 5.85. The molecule has 0 radical (unpaired) electrons. The number of alkyl halides is 3. The zero-order chi connectivity index (χ0) is 12.3. The van der Waals surface area contributed by atoms with Crippen molar-refractivity contribution in [3.05, 3.63) is 26.6 Å². The predicted molar refractivity (Wildman–Crippen MR) is 65.9 cm³/mol. The molecule has 0 aliphatic heterocycles. The zero-order valence-corrected chi connectivity index (χ0v) is 11.9. The minimum atomic E-state index is -2.64. The first-order chi connectivity index (χ1) is 7.51. The molecule has 0 fully saturated rings. The fourth-order valence-corrected chi connectivity index (χ4v) is 2.08. The van der Waals surface area contributed by atoms with Gasteiger partial charge in [0.25, 0.3) is 6.43 Å². The Morgan fingerprint density at radius 1 is 1.69 bits per heavy atom. The van der Waals surface area contributed by atoms with Crippen molar-refractivity contribution >= 4 is 44.5 Å². The van der Waals surface area contributed by atoms with Crippen LogP contribution in [-0.2, 0) is 10.1 Å². The summed E-state index contributed by atoms with van der Waals surface area (Å²) < 4.78 is 30.0. The average Bonchev–Trinajstić information content (AvgIpc) is 2.28. The molecule has 1 aromatic heterocycles. The van der Waals surface area contributed by atoms with Crippen molar-refractivity contribution in [2.24, 2.45) is 0 Å². The van der Waals surface area contributed by atoms with Gasteiger partial charge in [0.15, 0.2) is 5.69 Å². The van der Waals surface area contributed by atoms with Crippen LogP contribution >= 0.6 is 38.5 Å². The van der Waals surface area contributed by atoms with E-state index < -0.39 is 12.4 Å². The highest BCUT2D eigenvalue weighted by molar-refractivity contribution is 14.1. The number of nitrogens with zero attached hydrogens (tertiary/aromatic N) is 1. The van der Waals surface area contributed by atoms with Gasteiger partial charge in [0.05, 0.1) is 16.4 Å². The number of hydrogen-bond acceptors (Lipinski definition) is 3. The highest BCUT2D eigenvalue weighted by Gasteiger charge is 2.21. The van der Waals surface area contributed by atoms with Crippen molar-refractivity contribution in [1.29, 1.82) is 0 Å². The molecule has 1 rings (SSSR count).